The Bertz CT molecular complexity index is 3640. The Hall–Kier alpha value is -1.92. The molecule has 5 aromatic rings. The third-order valence-electron chi connectivity index (χ3n) is 8.37. The van der Waals surface area contributed by atoms with Crippen LogP contribution < -0.4 is 175 Å². The zero-order valence-electron chi connectivity index (χ0n) is 36.5. The number of halogens is 1. The topological polar surface area (TPSA) is 478 Å². The quantitative estimate of drug-likeness (QED) is 0.0227. The van der Waals surface area contributed by atoms with E-state index in [9.17, 15) is 79.5 Å². The van der Waals surface area contributed by atoms with Crippen molar-refractivity contribution in [3.63, 3.8) is 0 Å². The number of anilines is 6. The number of aromatic carboxylic acids is 1. The predicted molar refractivity (Wildman–Crippen MR) is 217 cm³/mol. The van der Waals surface area contributed by atoms with Crippen molar-refractivity contribution in [1.82, 2.24) is 15.0 Å². The van der Waals surface area contributed by atoms with Crippen molar-refractivity contribution in [2.75, 3.05) is 21.8 Å². The number of benzene rings is 4. The number of hydrazone groups is 1. The zero-order chi connectivity index (χ0) is 48.9. The number of nitrogens with zero attached hydrogens (tertiary/aromatic N) is 6. The van der Waals surface area contributed by atoms with Crippen LogP contribution in [0.1, 0.15) is 26.3 Å². The molecule has 0 unspecified atom stereocenters. The molecule has 0 amide bonds. The Morgan fingerprint density at radius 2 is 1.20 bits per heavy atom. The molecule has 6 rings (SSSR count). The van der Waals surface area contributed by atoms with Crippen LogP contribution in [0.15, 0.2) is 107 Å². The van der Waals surface area contributed by atoms with Crippen molar-refractivity contribution in [1.29, 1.82) is 0 Å². The molecule has 0 fully saturated rings. The van der Waals surface area contributed by atoms with Gasteiger partial charge in [-0.15, -0.1) is 10.2 Å². The minimum absolute atomic E-state index is 0. The van der Waals surface area contributed by atoms with Crippen LogP contribution in [-0.2, 0) is 50.6 Å². The van der Waals surface area contributed by atoms with Gasteiger partial charge in [-0.3, -0.25) is 14.8 Å². The zero-order valence-corrected chi connectivity index (χ0v) is 51.3. The average Bonchev–Trinajstić information content (AvgIpc) is 3.18. The number of carbonyl (C=O) groups is 2. The summed E-state index contributed by atoms with van der Waals surface area (Å²) < 4.78 is 180. The second kappa shape index (κ2) is 25.7. The molecule has 1 heterocycles. The van der Waals surface area contributed by atoms with E-state index < -0.39 is 132 Å². The number of nitrogens with one attached hydrogen (secondary N) is 3. The largest absolute Gasteiger partial charge is 1.00 e. The van der Waals surface area contributed by atoms with Crippen molar-refractivity contribution >= 4 is 132 Å². The van der Waals surface area contributed by atoms with Crippen molar-refractivity contribution in [3.8, 4) is 0 Å². The average molecular weight is 1140 g/mol. The van der Waals surface area contributed by atoms with Gasteiger partial charge in [0, 0.05) is 11.4 Å². The monoisotopic (exact) mass is 1140 g/mol. The standard InChI is InChI=1S/C32H23ClN10O18S5.5Na/c33-30-37-31(35-15-3-1-13(2-4-15)29(45)46)39-32(38-30)36-16-5-7-20(63(50,51)52)18(11-16)40-43-27-23(66(59,60)61)10-14-9-22(65(56,57)58)26(25(34)24(14)28(27)44)42-41-19-12-17(62(47,48)49)6-8-21(19)64(53,54)55;;;;;/h1-12,40H,34H2,(H,45,46)(H,47,48,49)(H,50,51,52)(H,53,54,55)(H,56,57,58)(H,59,60,61)(H2,35,36,37,38,39);;;;;/q;5*+1/p-5/b42-41?,43-27+;;;;;. The molecule has 4 aromatic carbocycles. The fraction of sp³-hybridized carbons (Fsp3) is 0. The van der Waals surface area contributed by atoms with Gasteiger partial charge in [0.2, 0.25) is 23.0 Å². The van der Waals surface area contributed by atoms with E-state index in [1.807, 2.05) is 5.43 Å². The molecule has 0 saturated carbocycles. The number of hydrogen-bond donors (Lipinski definition) is 5. The van der Waals surface area contributed by atoms with Crippen LogP contribution in [0.2, 0.25) is 5.28 Å². The number of ketones is 1. The number of azo groups is 1. The molecule has 0 spiro atoms. The molecular formula is C32H18ClN10Na5O18S5. The van der Waals surface area contributed by atoms with Gasteiger partial charge in [0.15, 0.2) is 0 Å². The molecule has 71 heavy (non-hydrogen) atoms. The molecule has 1 aliphatic carbocycles. The molecule has 0 radical (unpaired) electrons. The molecule has 0 atom stereocenters. The van der Waals surface area contributed by atoms with Gasteiger partial charge in [-0.1, -0.05) is 12.1 Å². The third-order valence-corrected chi connectivity index (χ3v) is 12.9. The van der Waals surface area contributed by atoms with E-state index >= 15 is 0 Å². The predicted octanol–water partition coefficient (Wildman–Crippen LogP) is -14.1. The Morgan fingerprint density at radius 1 is 0.662 bits per heavy atom. The number of carboxylic acids is 1. The fourth-order valence-corrected chi connectivity index (χ4v) is 8.75. The summed E-state index contributed by atoms with van der Waals surface area (Å²) in [5.74, 6) is -3.70. The number of fused-ring (bicyclic) bond motifs is 1. The second-order valence-electron chi connectivity index (χ2n) is 12.7. The van der Waals surface area contributed by atoms with E-state index in [-0.39, 0.29) is 189 Å². The summed E-state index contributed by atoms with van der Waals surface area (Å²) in [4.78, 5) is 30.4. The smallest absolute Gasteiger partial charge is 0.744 e. The number of hydrogen-bond acceptors (Lipinski definition) is 27. The van der Waals surface area contributed by atoms with E-state index in [0.29, 0.717) is 24.3 Å². The molecule has 0 bridgehead atoms. The number of carboxylic acid groups (broad SMARTS) is 1. The number of nitrogen functional groups attached to an aromatic ring is 1. The van der Waals surface area contributed by atoms with Crippen LogP contribution >= 0.6 is 11.6 Å². The second-order valence-corrected chi connectivity index (χ2v) is 19.9. The van der Waals surface area contributed by atoms with Crippen molar-refractivity contribution in [2.45, 2.75) is 19.6 Å². The van der Waals surface area contributed by atoms with E-state index in [0.717, 1.165) is 12.1 Å². The normalized spacial score (nSPS) is 13.2. The van der Waals surface area contributed by atoms with Crippen LogP contribution in [0.25, 0.3) is 6.08 Å². The maximum Gasteiger partial charge on any atom is 1.00 e. The van der Waals surface area contributed by atoms with Gasteiger partial charge in [-0.25, -0.2) is 33.7 Å². The van der Waals surface area contributed by atoms with Crippen molar-refractivity contribution in [2.24, 2.45) is 15.3 Å². The van der Waals surface area contributed by atoms with Gasteiger partial charge in [0.1, 0.15) is 62.5 Å². The van der Waals surface area contributed by atoms with Crippen LogP contribution in [0.4, 0.5) is 46.0 Å². The molecule has 1 aliphatic rings. The van der Waals surface area contributed by atoms with Gasteiger partial charge in [-0.05, 0) is 83.4 Å². The summed E-state index contributed by atoms with van der Waals surface area (Å²) in [7, 11) is -27.8. The first kappa shape index (κ1) is 67.1. The van der Waals surface area contributed by atoms with E-state index in [1.165, 1.54) is 24.3 Å². The van der Waals surface area contributed by atoms with Crippen LogP contribution in [-0.4, -0.2) is 97.3 Å². The van der Waals surface area contributed by atoms with Gasteiger partial charge in [0.25, 0.3) is 10.1 Å². The number of aromatic nitrogens is 3. The van der Waals surface area contributed by atoms with E-state index in [1.54, 1.807) is 0 Å². The summed E-state index contributed by atoms with van der Waals surface area (Å²) in [6.07, 6.45) is 0.321. The van der Waals surface area contributed by atoms with Crippen LogP contribution in [0.3, 0.4) is 0 Å². The summed E-state index contributed by atoms with van der Waals surface area (Å²) in [6, 6.07) is 8.99. The Kier molecular flexibility index (Phi) is 24.3. The number of carbonyl (C=O) groups excluding carboxylic acids is 2. The Labute approximate surface area is 516 Å². The minimum atomic E-state index is -5.84. The number of nitrogens with two attached hydrogens (primary N) is 1. The Balaban J connectivity index is 0.00000504. The summed E-state index contributed by atoms with van der Waals surface area (Å²) in [5.41, 5.74) is 0.295. The van der Waals surface area contributed by atoms with Gasteiger partial charge < -0.3 is 44.5 Å². The maximum absolute atomic E-state index is 14.0. The van der Waals surface area contributed by atoms with Crippen molar-refractivity contribution < 1.29 is 227 Å². The molecule has 0 saturated heterocycles. The first-order valence-electron chi connectivity index (χ1n) is 16.8. The molecule has 6 N–H and O–H groups in total. The molecule has 1 aromatic heterocycles. The minimum Gasteiger partial charge on any atom is -0.744 e. The van der Waals surface area contributed by atoms with Gasteiger partial charge in [-0.2, -0.15) is 28.5 Å². The molecule has 0 aliphatic heterocycles. The van der Waals surface area contributed by atoms with Crippen LogP contribution in [0.5, 0.6) is 0 Å². The van der Waals surface area contributed by atoms with Gasteiger partial charge >= 0.3 is 148 Å². The number of allylic oxidation sites excluding steroid dienone is 1. The van der Waals surface area contributed by atoms with E-state index in [2.05, 4.69) is 40.9 Å². The van der Waals surface area contributed by atoms with Gasteiger partial charge in [0.05, 0.1) is 42.5 Å². The fourth-order valence-electron chi connectivity index (χ4n) is 5.58. The molecule has 39 heteroatoms. The van der Waals surface area contributed by atoms with Crippen LogP contribution in [0, 0.1) is 0 Å². The van der Waals surface area contributed by atoms with E-state index in [4.69, 9.17) is 17.3 Å². The molecule has 346 valence electrons. The summed E-state index contributed by atoms with van der Waals surface area (Å²) in [5, 5.41) is 26.2. The maximum atomic E-state index is 14.0. The number of Topliss-reactive ketones (excluding diaryl/α,β-unsaturated/α-hetero) is 1. The molecular weight excluding hydrogens is 1120 g/mol. The first-order valence-corrected chi connectivity index (χ1v) is 24.2. The summed E-state index contributed by atoms with van der Waals surface area (Å²) in [6.45, 7) is 0. The molecule has 28 nitrogen and oxygen atoms in total. The number of rotatable bonds is 14. The Morgan fingerprint density at radius 3 is 1.70 bits per heavy atom. The first-order chi connectivity index (χ1) is 30.4. The third kappa shape index (κ3) is 16.5. The van der Waals surface area contributed by atoms with Crippen molar-refractivity contribution in [3.05, 3.63) is 93.6 Å². The summed E-state index contributed by atoms with van der Waals surface area (Å²) >= 11 is 6.02. The SMILES string of the molecule is Nc1c(N=Nc2cc(S(=O)(=O)[O-])ccc2S(=O)(=O)O)c(S(=O)(=O)[O-])cc2c1C(=O)/C(=N/Nc1cc(Nc3nc(Cl)nc(Nc4ccc(C(=O)[O-])cc4)n3)ccc1S(=O)(=O)[O-])C(S(=O)(=O)[O-])=C2.[Na+].[Na+].[Na+].[Na+].[Na+].